The molecule has 0 aliphatic rings. The van der Waals surface area contributed by atoms with Crippen LogP contribution in [-0.2, 0) is 21.9 Å². The van der Waals surface area contributed by atoms with Crippen LogP contribution >= 0.6 is 23.4 Å². The number of nitrogens with zero attached hydrogens (tertiary/aromatic N) is 1. The van der Waals surface area contributed by atoms with E-state index in [1.807, 2.05) is 63.2 Å². The van der Waals surface area contributed by atoms with E-state index in [1.54, 1.807) is 23.6 Å². The molecule has 0 spiro atoms. The number of carbonyl (C=O) groups excluding carboxylic acids is 2. The number of carbonyl (C=O) groups is 2. The van der Waals surface area contributed by atoms with Crippen LogP contribution in [0.3, 0.4) is 0 Å². The van der Waals surface area contributed by atoms with Gasteiger partial charge in [0.25, 0.3) is 0 Å². The molecule has 4 nitrogen and oxygen atoms in total. The molecule has 0 saturated heterocycles. The second-order valence-electron chi connectivity index (χ2n) is 7.62. The summed E-state index contributed by atoms with van der Waals surface area (Å²) in [7, 11) is 0. The number of hydrogen-bond donors (Lipinski definition) is 1. The summed E-state index contributed by atoms with van der Waals surface area (Å²) in [6, 6.07) is 15.2. The van der Waals surface area contributed by atoms with Crippen LogP contribution in [0.1, 0.15) is 43.9 Å². The summed E-state index contributed by atoms with van der Waals surface area (Å²) >= 11 is 7.48. The van der Waals surface area contributed by atoms with E-state index in [-0.39, 0.29) is 17.9 Å². The van der Waals surface area contributed by atoms with Gasteiger partial charge in [0, 0.05) is 23.4 Å². The normalized spacial score (nSPS) is 12.8. The van der Waals surface area contributed by atoms with Gasteiger partial charge in [-0.2, -0.15) is 0 Å². The highest BCUT2D eigenvalue weighted by molar-refractivity contribution is 7.99. The molecule has 2 atom stereocenters. The summed E-state index contributed by atoms with van der Waals surface area (Å²) in [4.78, 5) is 27.5. The van der Waals surface area contributed by atoms with Gasteiger partial charge in [-0.25, -0.2) is 0 Å². The second-order valence-corrected chi connectivity index (χ2v) is 9.05. The standard InChI is InChI=1S/C24H31ClN2O2S/c1-5-18(3)26-24(29)19(4)27(14-21-8-6-7-17(2)13-21)23(28)16-30-15-20-9-11-22(25)12-10-20/h6-13,18-19H,5,14-16H2,1-4H3,(H,26,29)/t18-,19+/m1/s1. The SMILES string of the molecule is CC[C@@H](C)NC(=O)[C@H](C)N(Cc1cccc(C)c1)C(=O)CSCc1ccc(Cl)cc1. The van der Waals surface area contributed by atoms with Crippen LogP contribution in [0.4, 0.5) is 0 Å². The Labute approximate surface area is 189 Å². The van der Waals surface area contributed by atoms with E-state index in [4.69, 9.17) is 11.6 Å². The smallest absolute Gasteiger partial charge is 0.242 e. The molecular weight excluding hydrogens is 416 g/mol. The number of rotatable bonds is 10. The molecule has 0 bridgehead atoms. The Hall–Kier alpha value is -1.98. The third-order valence-corrected chi connectivity index (χ3v) is 6.25. The molecular formula is C24H31ClN2O2S. The number of halogens is 1. The van der Waals surface area contributed by atoms with Crippen LogP contribution in [0, 0.1) is 6.92 Å². The highest BCUT2D eigenvalue weighted by atomic mass is 35.5. The Bertz CT molecular complexity index is 841. The van der Waals surface area contributed by atoms with E-state index >= 15 is 0 Å². The Kier molecular flexibility index (Phi) is 9.73. The van der Waals surface area contributed by atoms with Gasteiger partial charge < -0.3 is 10.2 Å². The molecule has 0 aliphatic heterocycles. The Morgan fingerprint density at radius 2 is 1.80 bits per heavy atom. The first-order valence-corrected chi connectivity index (χ1v) is 11.8. The second kappa shape index (κ2) is 12.0. The molecule has 0 unspecified atom stereocenters. The highest BCUT2D eigenvalue weighted by Crippen LogP contribution is 2.18. The van der Waals surface area contributed by atoms with Gasteiger partial charge >= 0.3 is 0 Å². The van der Waals surface area contributed by atoms with Crippen molar-refractivity contribution in [1.29, 1.82) is 0 Å². The average Bonchev–Trinajstić information content (AvgIpc) is 2.72. The van der Waals surface area contributed by atoms with Crippen molar-refractivity contribution in [1.82, 2.24) is 10.2 Å². The van der Waals surface area contributed by atoms with E-state index in [9.17, 15) is 9.59 Å². The first-order chi connectivity index (χ1) is 14.3. The van der Waals surface area contributed by atoms with Gasteiger partial charge in [0.2, 0.25) is 11.8 Å². The van der Waals surface area contributed by atoms with Crippen molar-refractivity contribution in [2.75, 3.05) is 5.75 Å². The molecule has 6 heteroatoms. The summed E-state index contributed by atoms with van der Waals surface area (Å²) < 4.78 is 0. The lowest BCUT2D eigenvalue weighted by Gasteiger charge is -2.29. The van der Waals surface area contributed by atoms with Gasteiger partial charge in [-0.3, -0.25) is 9.59 Å². The summed E-state index contributed by atoms with van der Waals surface area (Å²) in [6.07, 6.45) is 0.848. The molecule has 2 aromatic rings. The maximum absolute atomic E-state index is 13.1. The van der Waals surface area contributed by atoms with Gasteiger partial charge in [0.05, 0.1) is 5.75 Å². The minimum Gasteiger partial charge on any atom is -0.352 e. The zero-order chi connectivity index (χ0) is 22.1. The number of amides is 2. The van der Waals surface area contributed by atoms with Gasteiger partial charge in [0.1, 0.15) is 6.04 Å². The van der Waals surface area contributed by atoms with Crippen molar-refractivity contribution in [3.63, 3.8) is 0 Å². The molecule has 1 N–H and O–H groups in total. The van der Waals surface area contributed by atoms with Crippen molar-refractivity contribution in [3.05, 3.63) is 70.2 Å². The lowest BCUT2D eigenvalue weighted by molar-refractivity contribution is -0.138. The van der Waals surface area contributed by atoms with Gasteiger partial charge in [0.15, 0.2) is 0 Å². The van der Waals surface area contributed by atoms with E-state index in [2.05, 4.69) is 11.4 Å². The first-order valence-electron chi connectivity index (χ1n) is 10.3. The summed E-state index contributed by atoms with van der Waals surface area (Å²) in [5.74, 6) is 0.875. The van der Waals surface area contributed by atoms with Crippen molar-refractivity contribution >= 4 is 35.2 Å². The lowest BCUT2D eigenvalue weighted by Crippen LogP contribution is -2.50. The van der Waals surface area contributed by atoms with Crippen LogP contribution in [0.5, 0.6) is 0 Å². The third-order valence-electron chi connectivity index (χ3n) is 5.01. The number of benzene rings is 2. The zero-order valence-electron chi connectivity index (χ0n) is 18.2. The molecule has 0 aromatic heterocycles. The Balaban J connectivity index is 2.07. The molecule has 2 rings (SSSR count). The summed E-state index contributed by atoms with van der Waals surface area (Å²) in [5.41, 5.74) is 3.27. The third kappa shape index (κ3) is 7.69. The fourth-order valence-corrected chi connectivity index (χ4v) is 3.97. The molecule has 30 heavy (non-hydrogen) atoms. The molecule has 0 saturated carbocycles. The molecule has 2 amide bonds. The average molecular weight is 447 g/mol. The molecule has 0 fully saturated rings. The highest BCUT2D eigenvalue weighted by Gasteiger charge is 2.26. The lowest BCUT2D eigenvalue weighted by atomic mass is 10.1. The van der Waals surface area contributed by atoms with Crippen molar-refractivity contribution in [3.8, 4) is 0 Å². The maximum Gasteiger partial charge on any atom is 0.242 e. The van der Waals surface area contributed by atoms with Crippen LogP contribution in [0.2, 0.25) is 5.02 Å². The van der Waals surface area contributed by atoms with Crippen LogP contribution in [-0.4, -0.2) is 34.6 Å². The van der Waals surface area contributed by atoms with Crippen molar-refractivity contribution in [2.45, 2.75) is 58.5 Å². The van der Waals surface area contributed by atoms with Crippen LogP contribution in [0.25, 0.3) is 0 Å². The largest absolute Gasteiger partial charge is 0.352 e. The maximum atomic E-state index is 13.1. The van der Waals surface area contributed by atoms with Crippen molar-refractivity contribution in [2.24, 2.45) is 0 Å². The predicted molar refractivity (Wildman–Crippen MR) is 127 cm³/mol. The Morgan fingerprint density at radius 1 is 1.10 bits per heavy atom. The van der Waals surface area contributed by atoms with Crippen molar-refractivity contribution < 1.29 is 9.59 Å². The molecule has 2 aromatic carbocycles. The monoisotopic (exact) mass is 446 g/mol. The number of aryl methyl sites for hydroxylation is 1. The Morgan fingerprint density at radius 3 is 2.43 bits per heavy atom. The van der Waals surface area contributed by atoms with Gasteiger partial charge in [-0.15, -0.1) is 11.8 Å². The van der Waals surface area contributed by atoms with Gasteiger partial charge in [-0.05, 0) is 50.5 Å². The summed E-state index contributed by atoms with van der Waals surface area (Å²) in [6.45, 7) is 8.24. The molecule has 0 radical (unpaired) electrons. The quantitative estimate of drug-likeness (QED) is 0.544. The van der Waals surface area contributed by atoms with E-state index in [1.165, 1.54) is 0 Å². The number of nitrogens with one attached hydrogen (secondary N) is 1. The topological polar surface area (TPSA) is 49.4 Å². The minimum absolute atomic E-state index is 0.0396. The fraction of sp³-hybridized carbons (Fsp3) is 0.417. The molecule has 162 valence electrons. The minimum atomic E-state index is -0.539. The van der Waals surface area contributed by atoms with Gasteiger partial charge in [-0.1, -0.05) is 60.5 Å². The molecule has 0 heterocycles. The number of thioether (sulfide) groups is 1. The van der Waals surface area contributed by atoms with E-state index < -0.39 is 6.04 Å². The summed E-state index contributed by atoms with van der Waals surface area (Å²) in [5, 5.41) is 3.70. The number of hydrogen-bond acceptors (Lipinski definition) is 3. The van der Waals surface area contributed by atoms with Crippen LogP contribution in [0.15, 0.2) is 48.5 Å². The van der Waals surface area contributed by atoms with Crippen LogP contribution < -0.4 is 5.32 Å². The molecule has 0 aliphatic carbocycles. The predicted octanol–water partition coefficient (Wildman–Crippen LogP) is 5.21. The fourth-order valence-electron chi connectivity index (χ4n) is 2.98. The van der Waals surface area contributed by atoms with E-state index in [0.717, 1.165) is 23.1 Å². The first kappa shape index (κ1) is 24.3. The van der Waals surface area contributed by atoms with E-state index in [0.29, 0.717) is 23.1 Å². The zero-order valence-corrected chi connectivity index (χ0v) is 19.7.